The maximum atomic E-state index is 13.1. The normalized spacial score (nSPS) is 11.9. The number of phenols is 1. The fraction of sp³-hybridized carbons (Fsp3) is 0.250. The Morgan fingerprint density at radius 3 is 2.12 bits per heavy atom. The summed E-state index contributed by atoms with van der Waals surface area (Å²) in [6.07, 6.45) is 0.483. The number of aromatic hydroxyl groups is 1. The van der Waals surface area contributed by atoms with Gasteiger partial charge in [0, 0.05) is 24.8 Å². The molecule has 3 rings (SSSR count). The van der Waals surface area contributed by atoms with E-state index in [-0.39, 0.29) is 42.8 Å². The molecule has 0 heterocycles. The molecule has 0 fully saturated rings. The highest BCUT2D eigenvalue weighted by Crippen LogP contribution is 2.14. The van der Waals surface area contributed by atoms with Crippen LogP contribution in [-0.4, -0.2) is 55.7 Å². The Kier molecular flexibility index (Phi) is 10.2. The van der Waals surface area contributed by atoms with Crippen molar-refractivity contribution in [3.05, 3.63) is 95.1 Å². The summed E-state index contributed by atoms with van der Waals surface area (Å²) >= 11 is 0. The van der Waals surface area contributed by atoms with Gasteiger partial charge in [0.25, 0.3) is 0 Å². The molecule has 8 N–H and O–H groups in total. The van der Waals surface area contributed by atoms with Crippen molar-refractivity contribution >= 4 is 33.4 Å². The monoisotopic (exact) mass is 566 g/mol. The van der Waals surface area contributed by atoms with E-state index in [2.05, 4.69) is 10.0 Å². The van der Waals surface area contributed by atoms with Crippen LogP contribution >= 0.6 is 0 Å². The average Bonchev–Trinajstić information content (AvgIpc) is 2.91. The fourth-order valence-electron chi connectivity index (χ4n) is 3.88. The number of carbonyl (C=O) groups excluding carboxylic acids is 2. The second-order valence-electron chi connectivity index (χ2n) is 9.45. The van der Waals surface area contributed by atoms with Crippen molar-refractivity contribution in [1.29, 1.82) is 5.41 Å². The van der Waals surface area contributed by atoms with E-state index in [1.54, 1.807) is 67.7 Å². The van der Waals surface area contributed by atoms with Crippen LogP contribution < -0.4 is 21.5 Å². The predicted molar refractivity (Wildman–Crippen MR) is 154 cm³/mol. The summed E-state index contributed by atoms with van der Waals surface area (Å²) in [5.74, 6) is -1.30. The number of nitrogens with two attached hydrogens (primary N) is 2. The van der Waals surface area contributed by atoms with Gasteiger partial charge in [-0.25, -0.2) is 13.1 Å². The first-order chi connectivity index (χ1) is 18.9. The maximum Gasteiger partial charge on any atom is 0.242 e. The number of amides is 2. The molecule has 11 nitrogen and oxygen atoms in total. The molecule has 0 unspecified atom stereocenters. The number of carbonyl (C=O) groups is 2. The van der Waals surface area contributed by atoms with Gasteiger partial charge >= 0.3 is 0 Å². The number of hydrogen-bond acceptors (Lipinski definition) is 7. The molecule has 0 saturated heterocycles. The lowest BCUT2D eigenvalue weighted by molar-refractivity contribution is -0.132. The molecule has 3 aromatic rings. The number of likely N-dealkylation sites (N-methyl/N-ethyl adjacent to an activating group) is 1. The number of anilines is 1. The second kappa shape index (κ2) is 13.6. The Hall–Kier alpha value is -4.42. The van der Waals surface area contributed by atoms with Gasteiger partial charge in [0.15, 0.2) is 0 Å². The molecular formula is C28H34N6O5S. The van der Waals surface area contributed by atoms with Crippen LogP contribution in [0.2, 0.25) is 0 Å². The van der Waals surface area contributed by atoms with E-state index in [9.17, 15) is 23.1 Å². The van der Waals surface area contributed by atoms with Crippen molar-refractivity contribution < 1.29 is 23.1 Å². The maximum absolute atomic E-state index is 13.1. The molecule has 40 heavy (non-hydrogen) atoms. The smallest absolute Gasteiger partial charge is 0.242 e. The molecule has 0 radical (unpaired) electrons. The summed E-state index contributed by atoms with van der Waals surface area (Å²) in [7, 11) is -2.33. The molecule has 0 aliphatic heterocycles. The first-order valence-electron chi connectivity index (χ1n) is 12.5. The van der Waals surface area contributed by atoms with Gasteiger partial charge in [0.05, 0.1) is 12.3 Å². The summed E-state index contributed by atoms with van der Waals surface area (Å²) in [6.45, 7) is -0.0539. The van der Waals surface area contributed by atoms with Crippen LogP contribution in [0.5, 0.6) is 5.75 Å². The molecule has 12 heteroatoms. The zero-order valence-corrected chi connectivity index (χ0v) is 22.9. The zero-order chi connectivity index (χ0) is 29.3. The van der Waals surface area contributed by atoms with Gasteiger partial charge in [0.1, 0.15) is 17.6 Å². The lowest BCUT2D eigenvalue weighted by Gasteiger charge is -2.21. The average molecular weight is 567 g/mol. The van der Waals surface area contributed by atoms with Crippen molar-refractivity contribution in [1.82, 2.24) is 14.9 Å². The molecule has 3 aromatic carbocycles. The summed E-state index contributed by atoms with van der Waals surface area (Å²) < 4.78 is 28.3. The van der Waals surface area contributed by atoms with E-state index < -0.39 is 22.0 Å². The number of phenolic OH excluding ortho intramolecular Hbond substituents is 1. The molecule has 212 valence electrons. The summed E-state index contributed by atoms with van der Waals surface area (Å²) in [5.41, 5.74) is 14.3. The molecule has 0 aliphatic rings. The molecule has 0 saturated carbocycles. The molecule has 1 atom stereocenters. The molecule has 0 spiro atoms. The predicted octanol–water partition coefficient (Wildman–Crippen LogP) is 1.45. The van der Waals surface area contributed by atoms with Crippen LogP contribution in [0, 0.1) is 5.41 Å². The Morgan fingerprint density at radius 2 is 1.52 bits per heavy atom. The Morgan fingerprint density at radius 1 is 0.950 bits per heavy atom. The third-order valence-corrected chi connectivity index (χ3v) is 7.51. The topological polar surface area (TPSA) is 192 Å². The number of hydrogen-bond donors (Lipinski definition) is 6. The summed E-state index contributed by atoms with van der Waals surface area (Å²) in [4.78, 5) is 27.2. The number of rotatable bonds is 13. The van der Waals surface area contributed by atoms with Crippen molar-refractivity contribution in [3.8, 4) is 5.75 Å². The number of nitrogens with zero attached hydrogens (tertiary/aromatic N) is 1. The van der Waals surface area contributed by atoms with Crippen molar-refractivity contribution in [2.45, 2.75) is 31.2 Å². The van der Waals surface area contributed by atoms with Gasteiger partial charge in [0.2, 0.25) is 21.8 Å². The third kappa shape index (κ3) is 9.40. The molecule has 0 aliphatic carbocycles. The van der Waals surface area contributed by atoms with Gasteiger partial charge in [-0.3, -0.25) is 15.0 Å². The highest BCUT2D eigenvalue weighted by atomic mass is 32.2. The Bertz CT molecular complexity index is 1430. The van der Waals surface area contributed by atoms with E-state index in [1.165, 1.54) is 17.0 Å². The van der Waals surface area contributed by atoms with E-state index in [4.69, 9.17) is 16.9 Å². The van der Waals surface area contributed by atoms with Gasteiger partial charge in [-0.2, -0.15) is 0 Å². The fourth-order valence-corrected chi connectivity index (χ4v) is 5.25. The van der Waals surface area contributed by atoms with Crippen LogP contribution in [0.25, 0.3) is 0 Å². The minimum absolute atomic E-state index is 0.0530. The van der Waals surface area contributed by atoms with Gasteiger partial charge in [-0.05, 0) is 53.8 Å². The lowest BCUT2D eigenvalue weighted by Crippen LogP contribution is -2.49. The number of sulfonamides is 1. The third-order valence-electron chi connectivity index (χ3n) is 6.16. The summed E-state index contributed by atoms with van der Waals surface area (Å²) in [6, 6.07) is 18.6. The van der Waals surface area contributed by atoms with Crippen LogP contribution in [0.4, 0.5) is 5.69 Å². The highest BCUT2D eigenvalue weighted by Gasteiger charge is 2.25. The van der Waals surface area contributed by atoms with Gasteiger partial charge in [-0.15, -0.1) is 0 Å². The SMILES string of the molecule is CN(Cc1ccc(C(=N)N)cc1)C(=O)CNC(=O)[C@@H](CCc1ccc(O)cc1)NS(=O)(=O)Cc1ccc(N)cc1. The lowest BCUT2D eigenvalue weighted by atomic mass is 10.1. The van der Waals surface area contributed by atoms with Crippen molar-refractivity contribution in [3.63, 3.8) is 0 Å². The number of nitrogens with one attached hydrogen (secondary N) is 3. The van der Waals surface area contributed by atoms with Crippen LogP contribution in [-0.2, 0) is 38.3 Å². The van der Waals surface area contributed by atoms with E-state index in [1.807, 2.05) is 0 Å². The van der Waals surface area contributed by atoms with Crippen LogP contribution in [0.1, 0.15) is 28.7 Å². The first kappa shape index (κ1) is 30.1. The number of benzene rings is 3. The minimum atomic E-state index is -3.92. The molecular weight excluding hydrogens is 532 g/mol. The standard InChI is InChI=1S/C28H34N6O5S/c1-34(17-20-2-9-22(10-3-20)27(30)31)26(36)16-32-28(37)25(15-8-19-6-13-24(35)14-7-19)33-40(38,39)18-21-4-11-23(29)12-5-21/h2-7,9-14,25,33,35H,8,15-18,29H2,1H3,(H3,30,31)(H,32,37)/t25-/m1/s1. The Labute approximate surface area is 233 Å². The van der Waals surface area contributed by atoms with E-state index in [0.29, 0.717) is 23.2 Å². The number of amidine groups is 1. The quantitative estimate of drug-likeness (QED) is 0.102. The highest BCUT2D eigenvalue weighted by molar-refractivity contribution is 7.88. The van der Waals surface area contributed by atoms with E-state index >= 15 is 0 Å². The van der Waals surface area contributed by atoms with Gasteiger partial charge < -0.3 is 26.8 Å². The zero-order valence-electron chi connectivity index (χ0n) is 22.1. The van der Waals surface area contributed by atoms with Crippen LogP contribution in [0.3, 0.4) is 0 Å². The molecule has 0 aromatic heterocycles. The first-order valence-corrected chi connectivity index (χ1v) is 14.1. The van der Waals surface area contributed by atoms with Gasteiger partial charge in [-0.1, -0.05) is 48.5 Å². The second-order valence-corrected chi connectivity index (χ2v) is 11.2. The largest absolute Gasteiger partial charge is 0.508 e. The minimum Gasteiger partial charge on any atom is -0.508 e. The van der Waals surface area contributed by atoms with Crippen LogP contribution in [0.15, 0.2) is 72.8 Å². The van der Waals surface area contributed by atoms with Crippen molar-refractivity contribution in [2.75, 3.05) is 19.3 Å². The van der Waals surface area contributed by atoms with Crippen molar-refractivity contribution in [2.24, 2.45) is 5.73 Å². The number of aryl methyl sites for hydroxylation is 1. The number of nitrogen functional groups attached to an aromatic ring is 2. The molecule has 2 amide bonds. The van der Waals surface area contributed by atoms with E-state index in [0.717, 1.165) is 11.1 Å². The summed E-state index contributed by atoms with van der Waals surface area (Å²) in [5, 5.41) is 19.5. The Balaban J connectivity index is 1.64. The molecule has 0 bridgehead atoms.